The van der Waals surface area contributed by atoms with Gasteiger partial charge in [-0.25, -0.2) is 4.79 Å². The van der Waals surface area contributed by atoms with Crippen LogP contribution in [0.1, 0.15) is 25.5 Å². The summed E-state index contributed by atoms with van der Waals surface area (Å²) in [6.07, 6.45) is -0.362. The van der Waals surface area contributed by atoms with Gasteiger partial charge in [0.25, 0.3) is 0 Å². The predicted molar refractivity (Wildman–Crippen MR) is 57.4 cm³/mol. The summed E-state index contributed by atoms with van der Waals surface area (Å²) in [4.78, 5) is 21.7. The summed E-state index contributed by atoms with van der Waals surface area (Å²) in [5, 5.41) is 10.8. The first kappa shape index (κ1) is 12.2. The van der Waals surface area contributed by atoms with Crippen LogP contribution < -0.4 is 0 Å². The van der Waals surface area contributed by atoms with Gasteiger partial charge in [0.2, 0.25) is 0 Å². The molecular weight excluding hydrogens is 210 g/mol. The van der Waals surface area contributed by atoms with Gasteiger partial charge in [-0.3, -0.25) is 10.1 Å². The van der Waals surface area contributed by atoms with Crippen LogP contribution in [-0.2, 0) is 9.53 Å². The van der Waals surface area contributed by atoms with Crippen LogP contribution in [-0.4, -0.2) is 17.0 Å². The highest BCUT2D eigenvalue weighted by Crippen LogP contribution is 2.18. The first-order valence-electron chi connectivity index (χ1n) is 4.91. The molecule has 0 N–H and O–H groups in total. The highest BCUT2D eigenvalue weighted by atomic mass is 16.6. The smallest absolute Gasteiger partial charge is 0.386 e. The normalized spacial score (nSPS) is 12.2. The lowest BCUT2D eigenvalue weighted by atomic mass is 10.1. The average molecular weight is 223 g/mol. The van der Waals surface area contributed by atoms with Crippen LogP contribution in [0.25, 0.3) is 0 Å². The molecule has 5 heteroatoms. The fourth-order valence-electron chi connectivity index (χ4n) is 1.28. The summed E-state index contributed by atoms with van der Waals surface area (Å²) in [6.45, 7) is 3.31. The number of hydrogen-bond donors (Lipinski definition) is 0. The monoisotopic (exact) mass is 223 g/mol. The van der Waals surface area contributed by atoms with Gasteiger partial charge in [0.05, 0.1) is 6.10 Å². The number of rotatable bonds is 4. The van der Waals surface area contributed by atoms with E-state index in [-0.39, 0.29) is 6.10 Å². The fourth-order valence-corrected chi connectivity index (χ4v) is 1.28. The maximum absolute atomic E-state index is 11.5. The van der Waals surface area contributed by atoms with E-state index < -0.39 is 16.9 Å². The minimum atomic E-state index is -1.44. The molecule has 0 aliphatic heterocycles. The fraction of sp³-hybridized carbons (Fsp3) is 0.364. The van der Waals surface area contributed by atoms with Crippen molar-refractivity contribution in [2.45, 2.75) is 26.0 Å². The number of benzene rings is 1. The van der Waals surface area contributed by atoms with Crippen molar-refractivity contribution in [3.63, 3.8) is 0 Å². The van der Waals surface area contributed by atoms with Gasteiger partial charge in [-0.05, 0) is 13.8 Å². The molecule has 1 unspecified atom stereocenters. The molecule has 0 heterocycles. The molecule has 1 aromatic carbocycles. The molecule has 1 atom stereocenters. The molecule has 1 rings (SSSR count). The van der Waals surface area contributed by atoms with E-state index >= 15 is 0 Å². The molecule has 0 aromatic heterocycles. The third-order valence-electron chi connectivity index (χ3n) is 1.90. The number of hydrogen-bond acceptors (Lipinski definition) is 4. The zero-order valence-electron chi connectivity index (χ0n) is 9.12. The second-order valence-electron chi connectivity index (χ2n) is 3.58. The van der Waals surface area contributed by atoms with E-state index in [2.05, 4.69) is 0 Å². The highest BCUT2D eigenvalue weighted by Gasteiger charge is 2.33. The Bertz CT molecular complexity index is 375. The first-order chi connectivity index (χ1) is 7.52. The van der Waals surface area contributed by atoms with Gasteiger partial charge in [0.1, 0.15) is 0 Å². The topological polar surface area (TPSA) is 69.4 Å². The summed E-state index contributed by atoms with van der Waals surface area (Å²) in [7, 11) is 0. The van der Waals surface area contributed by atoms with Crippen molar-refractivity contribution in [2.75, 3.05) is 0 Å². The molecule has 0 aliphatic carbocycles. The van der Waals surface area contributed by atoms with Gasteiger partial charge < -0.3 is 4.74 Å². The molecular formula is C11H13NO4. The van der Waals surface area contributed by atoms with E-state index in [9.17, 15) is 14.9 Å². The third-order valence-corrected chi connectivity index (χ3v) is 1.90. The van der Waals surface area contributed by atoms with Gasteiger partial charge in [0, 0.05) is 10.5 Å². The zero-order chi connectivity index (χ0) is 12.1. The first-order valence-corrected chi connectivity index (χ1v) is 4.91. The average Bonchev–Trinajstić information content (AvgIpc) is 2.17. The molecule has 86 valence electrons. The summed E-state index contributed by atoms with van der Waals surface area (Å²) < 4.78 is 4.85. The third kappa shape index (κ3) is 3.05. The van der Waals surface area contributed by atoms with Crippen molar-refractivity contribution in [1.29, 1.82) is 0 Å². The van der Waals surface area contributed by atoms with Crippen LogP contribution in [0, 0.1) is 10.1 Å². The van der Waals surface area contributed by atoms with Crippen LogP contribution in [0.3, 0.4) is 0 Å². The molecule has 16 heavy (non-hydrogen) atoms. The molecule has 5 nitrogen and oxygen atoms in total. The van der Waals surface area contributed by atoms with Gasteiger partial charge in [-0.2, -0.15) is 0 Å². The summed E-state index contributed by atoms with van der Waals surface area (Å²) in [6, 6.07) is 6.66. The lowest BCUT2D eigenvalue weighted by molar-refractivity contribution is -0.516. The maximum Gasteiger partial charge on any atom is 0.386 e. The van der Waals surface area contributed by atoms with Crippen molar-refractivity contribution in [3.05, 3.63) is 46.0 Å². The number of carbonyl (C=O) groups excluding carboxylic acids is 1. The molecule has 0 fully saturated rings. The summed E-state index contributed by atoms with van der Waals surface area (Å²) in [5.74, 6) is -0.828. The van der Waals surface area contributed by atoms with E-state index in [0.29, 0.717) is 5.56 Å². The van der Waals surface area contributed by atoms with Crippen molar-refractivity contribution < 1.29 is 14.5 Å². The number of nitrogens with zero attached hydrogens (tertiary/aromatic N) is 1. The van der Waals surface area contributed by atoms with E-state index in [1.165, 1.54) is 12.1 Å². The largest absolute Gasteiger partial charge is 0.458 e. The minimum Gasteiger partial charge on any atom is -0.458 e. The Morgan fingerprint density at radius 2 is 1.88 bits per heavy atom. The molecule has 1 aromatic rings. The lowest BCUT2D eigenvalue weighted by Crippen LogP contribution is -2.25. The standard InChI is InChI=1S/C11H13NO4/c1-8(2)16-11(13)10(12(14)15)9-6-4-3-5-7-9/h3-8,10H,1-2H3. The molecule has 0 spiro atoms. The van der Waals surface area contributed by atoms with Gasteiger partial charge in [-0.1, -0.05) is 30.3 Å². The van der Waals surface area contributed by atoms with E-state index in [0.717, 1.165) is 0 Å². The zero-order valence-corrected chi connectivity index (χ0v) is 9.12. The Labute approximate surface area is 93.2 Å². The Kier molecular flexibility index (Phi) is 3.99. The number of ether oxygens (including phenoxy) is 1. The molecule has 0 saturated heterocycles. The van der Waals surface area contributed by atoms with Crippen LogP contribution >= 0.6 is 0 Å². The highest BCUT2D eigenvalue weighted by molar-refractivity contribution is 5.76. The molecule has 0 amide bonds. The number of carbonyl (C=O) groups is 1. The summed E-state index contributed by atoms with van der Waals surface area (Å²) >= 11 is 0. The van der Waals surface area contributed by atoms with E-state index in [4.69, 9.17) is 4.74 Å². The van der Waals surface area contributed by atoms with Gasteiger partial charge in [0.15, 0.2) is 0 Å². The van der Waals surface area contributed by atoms with Gasteiger partial charge >= 0.3 is 12.0 Å². The summed E-state index contributed by atoms with van der Waals surface area (Å²) in [5.41, 5.74) is 0.332. The second-order valence-corrected chi connectivity index (χ2v) is 3.58. The molecule has 0 bridgehead atoms. The van der Waals surface area contributed by atoms with Crippen LogP contribution in [0.2, 0.25) is 0 Å². The quantitative estimate of drug-likeness (QED) is 0.444. The van der Waals surface area contributed by atoms with E-state index in [1.54, 1.807) is 32.0 Å². The van der Waals surface area contributed by atoms with Crippen molar-refractivity contribution in [3.8, 4) is 0 Å². The Morgan fingerprint density at radius 3 is 2.31 bits per heavy atom. The second kappa shape index (κ2) is 5.25. The van der Waals surface area contributed by atoms with Crippen molar-refractivity contribution >= 4 is 5.97 Å². The Hall–Kier alpha value is -1.91. The van der Waals surface area contributed by atoms with Crippen molar-refractivity contribution in [1.82, 2.24) is 0 Å². The van der Waals surface area contributed by atoms with Crippen LogP contribution in [0.4, 0.5) is 0 Å². The maximum atomic E-state index is 11.5. The van der Waals surface area contributed by atoms with E-state index in [1.807, 2.05) is 0 Å². The molecule has 0 aliphatic rings. The number of nitro groups is 1. The van der Waals surface area contributed by atoms with Crippen molar-refractivity contribution in [2.24, 2.45) is 0 Å². The number of esters is 1. The lowest BCUT2D eigenvalue weighted by Gasteiger charge is -2.11. The Morgan fingerprint density at radius 1 is 1.31 bits per heavy atom. The minimum absolute atomic E-state index is 0.332. The Balaban J connectivity index is 2.92. The molecule has 0 saturated carbocycles. The van der Waals surface area contributed by atoms with Crippen LogP contribution in [0.15, 0.2) is 30.3 Å². The SMILES string of the molecule is CC(C)OC(=O)C(c1ccccc1)[N+](=O)[O-]. The van der Waals surface area contributed by atoms with Crippen LogP contribution in [0.5, 0.6) is 0 Å². The molecule has 0 radical (unpaired) electrons. The van der Waals surface area contributed by atoms with Gasteiger partial charge in [-0.15, -0.1) is 0 Å². The predicted octanol–water partition coefficient (Wildman–Crippen LogP) is 1.96.